The maximum atomic E-state index is 12.3. The van der Waals surface area contributed by atoms with Crippen molar-refractivity contribution in [3.8, 4) is 10.6 Å². The number of hydrogen-bond acceptors (Lipinski definition) is 4. The smallest absolute Gasteiger partial charge is 0.271 e. The van der Waals surface area contributed by atoms with Gasteiger partial charge in [0.2, 0.25) is 5.91 Å². The van der Waals surface area contributed by atoms with E-state index >= 15 is 0 Å². The number of benzene rings is 2. The number of rotatable bonds is 5. The lowest BCUT2D eigenvalue weighted by atomic mass is 10.1. The Balaban J connectivity index is 1.58. The minimum Gasteiger partial charge on any atom is -0.342 e. The quantitative estimate of drug-likeness (QED) is 0.701. The Hall–Kier alpha value is -2.99. The van der Waals surface area contributed by atoms with Crippen molar-refractivity contribution in [1.82, 2.24) is 10.3 Å². The van der Waals surface area contributed by atoms with Crippen molar-refractivity contribution < 1.29 is 9.59 Å². The summed E-state index contributed by atoms with van der Waals surface area (Å²) in [5.41, 5.74) is 5.32. The SMILES string of the molecule is Cc1ccc(-c2nc(C(=O)NCC(=O)Nc3cccc(C)c3C)cs2)cc1. The minimum absolute atomic E-state index is 0.108. The average molecular weight is 379 g/mol. The lowest BCUT2D eigenvalue weighted by Crippen LogP contribution is -2.33. The van der Waals surface area contributed by atoms with Gasteiger partial charge < -0.3 is 10.6 Å². The molecule has 0 saturated heterocycles. The number of carbonyl (C=O) groups excluding carboxylic acids is 2. The van der Waals surface area contributed by atoms with Crippen LogP contribution < -0.4 is 10.6 Å². The molecule has 138 valence electrons. The highest BCUT2D eigenvalue weighted by Gasteiger charge is 2.13. The van der Waals surface area contributed by atoms with Crippen LogP contribution in [-0.2, 0) is 4.79 Å². The van der Waals surface area contributed by atoms with Crippen molar-refractivity contribution in [3.05, 3.63) is 70.2 Å². The van der Waals surface area contributed by atoms with Gasteiger partial charge in [-0.2, -0.15) is 0 Å². The van der Waals surface area contributed by atoms with E-state index < -0.39 is 0 Å². The molecule has 3 rings (SSSR count). The van der Waals surface area contributed by atoms with E-state index in [-0.39, 0.29) is 18.4 Å². The first-order chi connectivity index (χ1) is 12.9. The van der Waals surface area contributed by atoms with Gasteiger partial charge in [-0.3, -0.25) is 9.59 Å². The summed E-state index contributed by atoms with van der Waals surface area (Å²) in [6, 6.07) is 13.7. The van der Waals surface area contributed by atoms with E-state index in [9.17, 15) is 9.59 Å². The van der Waals surface area contributed by atoms with Crippen LogP contribution in [-0.4, -0.2) is 23.3 Å². The number of hydrogen-bond donors (Lipinski definition) is 2. The maximum Gasteiger partial charge on any atom is 0.271 e. The van der Waals surface area contributed by atoms with Crippen LogP contribution in [0.4, 0.5) is 5.69 Å². The summed E-state index contributed by atoms with van der Waals surface area (Å²) in [7, 11) is 0. The number of nitrogens with one attached hydrogen (secondary N) is 2. The second-order valence-electron chi connectivity index (χ2n) is 6.38. The molecule has 0 unspecified atom stereocenters. The zero-order chi connectivity index (χ0) is 19.4. The normalized spacial score (nSPS) is 10.5. The predicted molar refractivity (Wildman–Crippen MR) is 109 cm³/mol. The second kappa shape index (κ2) is 8.14. The highest BCUT2D eigenvalue weighted by Crippen LogP contribution is 2.24. The first kappa shape index (κ1) is 18.8. The lowest BCUT2D eigenvalue weighted by Gasteiger charge is -2.10. The second-order valence-corrected chi connectivity index (χ2v) is 7.24. The number of thiazole rings is 1. The Morgan fingerprint density at radius 2 is 1.78 bits per heavy atom. The molecule has 3 aromatic rings. The Bertz CT molecular complexity index is 977. The molecule has 1 aromatic heterocycles. The summed E-state index contributed by atoms with van der Waals surface area (Å²) in [5.74, 6) is -0.633. The summed E-state index contributed by atoms with van der Waals surface area (Å²) >= 11 is 1.40. The molecular weight excluding hydrogens is 358 g/mol. The molecule has 0 spiro atoms. The first-order valence-electron chi connectivity index (χ1n) is 8.61. The van der Waals surface area contributed by atoms with Crippen LogP contribution in [0, 0.1) is 20.8 Å². The van der Waals surface area contributed by atoms with Crippen molar-refractivity contribution in [3.63, 3.8) is 0 Å². The van der Waals surface area contributed by atoms with E-state index in [0.717, 1.165) is 27.4 Å². The van der Waals surface area contributed by atoms with Crippen LogP contribution in [0.1, 0.15) is 27.2 Å². The van der Waals surface area contributed by atoms with E-state index in [4.69, 9.17) is 0 Å². The third-order valence-corrected chi connectivity index (χ3v) is 5.21. The minimum atomic E-state index is -0.360. The van der Waals surface area contributed by atoms with E-state index in [2.05, 4.69) is 15.6 Å². The number of amides is 2. The van der Waals surface area contributed by atoms with Gasteiger partial charge in [-0.25, -0.2) is 4.98 Å². The van der Waals surface area contributed by atoms with Crippen LogP contribution in [0.25, 0.3) is 10.6 Å². The van der Waals surface area contributed by atoms with Gasteiger partial charge in [-0.15, -0.1) is 11.3 Å². The van der Waals surface area contributed by atoms with Gasteiger partial charge in [0.1, 0.15) is 10.7 Å². The summed E-state index contributed by atoms with van der Waals surface area (Å²) in [6.07, 6.45) is 0. The Morgan fingerprint density at radius 1 is 1.04 bits per heavy atom. The number of aryl methyl sites for hydroxylation is 2. The number of nitrogens with zero attached hydrogens (tertiary/aromatic N) is 1. The molecule has 0 radical (unpaired) electrons. The molecule has 1 heterocycles. The number of carbonyl (C=O) groups is 2. The molecule has 0 aliphatic rings. The highest BCUT2D eigenvalue weighted by atomic mass is 32.1. The maximum absolute atomic E-state index is 12.3. The largest absolute Gasteiger partial charge is 0.342 e. The van der Waals surface area contributed by atoms with Gasteiger partial charge in [0, 0.05) is 16.6 Å². The molecule has 27 heavy (non-hydrogen) atoms. The molecule has 2 N–H and O–H groups in total. The fourth-order valence-electron chi connectivity index (χ4n) is 2.54. The Kier molecular flexibility index (Phi) is 5.66. The molecule has 0 bridgehead atoms. The molecule has 0 fully saturated rings. The van der Waals surface area contributed by atoms with Gasteiger partial charge in [0.15, 0.2) is 0 Å². The van der Waals surface area contributed by atoms with E-state index in [1.165, 1.54) is 16.9 Å². The van der Waals surface area contributed by atoms with Crippen molar-refractivity contribution in [2.75, 3.05) is 11.9 Å². The summed E-state index contributed by atoms with van der Waals surface area (Å²) in [4.78, 5) is 28.8. The average Bonchev–Trinajstić information content (AvgIpc) is 3.14. The van der Waals surface area contributed by atoms with Gasteiger partial charge in [-0.05, 0) is 38.0 Å². The zero-order valence-corrected chi connectivity index (χ0v) is 16.3. The zero-order valence-electron chi connectivity index (χ0n) is 15.5. The van der Waals surface area contributed by atoms with E-state index in [1.54, 1.807) is 5.38 Å². The van der Waals surface area contributed by atoms with Crippen LogP contribution in [0.3, 0.4) is 0 Å². The van der Waals surface area contributed by atoms with Crippen molar-refractivity contribution in [2.24, 2.45) is 0 Å². The molecule has 5 nitrogen and oxygen atoms in total. The molecular formula is C21H21N3O2S. The molecule has 2 amide bonds. The molecule has 0 aliphatic heterocycles. The molecule has 6 heteroatoms. The van der Waals surface area contributed by atoms with Gasteiger partial charge in [0.25, 0.3) is 5.91 Å². The van der Waals surface area contributed by atoms with E-state index in [0.29, 0.717) is 5.69 Å². The van der Waals surface area contributed by atoms with E-state index in [1.807, 2.05) is 63.2 Å². The highest BCUT2D eigenvalue weighted by molar-refractivity contribution is 7.13. The van der Waals surface area contributed by atoms with Crippen molar-refractivity contribution in [2.45, 2.75) is 20.8 Å². The lowest BCUT2D eigenvalue weighted by molar-refractivity contribution is -0.115. The summed E-state index contributed by atoms with van der Waals surface area (Å²) in [5, 5.41) is 7.92. The predicted octanol–water partition coefficient (Wildman–Crippen LogP) is 4.10. The first-order valence-corrected chi connectivity index (χ1v) is 9.49. The van der Waals surface area contributed by atoms with Gasteiger partial charge in [-0.1, -0.05) is 42.0 Å². The Labute approximate surface area is 162 Å². The van der Waals surface area contributed by atoms with Crippen LogP contribution in [0.15, 0.2) is 47.8 Å². The van der Waals surface area contributed by atoms with Crippen molar-refractivity contribution in [1.29, 1.82) is 0 Å². The number of aromatic nitrogens is 1. The third kappa shape index (κ3) is 4.60. The molecule has 0 aliphatic carbocycles. The third-order valence-electron chi connectivity index (χ3n) is 4.32. The van der Waals surface area contributed by atoms with Gasteiger partial charge in [0.05, 0.1) is 6.54 Å². The molecule has 2 aromatic carbocycles. The van der Waals surface area contributed by atoms with Crippen LogP contribution in [0.2, 0.25) is 0 Å². The topological polar surface area (TPSA) is 71.1 Å². The van der Waals surface area contributed by atoms with Crippen LogP contribution in [0.5, 0.6) is 0 Å². The van der Waals surface area contributed by atoms with Crippen LogP contribution >= 0.6 is 11.3 Å². The Morgan fingerprint density at radius 3 is 2.52 bits per heavy atom. The molecule has 0 atom stereocenters. The fourth-order valence-corrected chi connectivity index (χ4v) is 3.35. The molecule has 0 saturated carbocycles. The summed E-state index contributed by atoms with van der Waals surface area (Å²) < 4.78 is 0. The summed E-state index contributed by atoms with van der Waals surface area (Å²) in [6.45, 7) is 5.85. The monoisotopic (exact) mass is 379 g/mol. The van der Waals surface area contributed by atoms with Crippen molar-refractivity contribution >= 4 is 28.8 Å². The number of anilines is 1. The fraction of sp³-hybridized carbons (Fsp3) is 0.190. The standard InChI is InChI=1S/C21H21N3O2S/c1-13-7-9-16(10-8-13)21-24-18(12-27-21)20(26)22-11-19(25)23-17-6-4-5-14(2)15(17)3/h4-10,12H,11H2,1-3H3,(H,22,26)(H,23,25). The van der Waals surface area contributed by atoms with Gasteiger partial charge >= 0.3 is 0 Å².